The molecular weight excluding hydrogens is 136 g/mol. The van der Waals surface area contributed by atoms with E-state index in [-0.39, 0.29) is 0 Å². The van der Waals surface area contributed by atoms with Crippen molar-refractivity contribution in [3.05, 3.63) is 12.3 Å². The van der Waals surface area contributed by atoms with Crippen LogP contribution in [0.3, 0.4) is 0 Å². The molecular formula is C10H18O. The molecule has 1 aliphatic heterocycles. The fraction of sp³-hybridized carbons (Fsp3) is 0.800. The van der Waals surface area contributed by atoms with Gasteiger partial charge in [0.25, 0.3) is 0 Å². The van der Waals surface area contributed by atoms with Gasteiger partial charge in [0.15, 0.2) is 0 Å². The van der Waals surface area contributed by atoms with E-state index < -0.39 is 0 Å². The van der Waals surface area contributed by atoms with Gasteiger partial charge in [0.05, 0.1) is 6.26 Å². The maximum atomic E-state index is 5.55. The lowest BCUT2D eigenvalue weighted by molar-refractivity contribution is 0.0953. The summed E-state index contributed by atoms with van der Waals surface area (Å²) in [5.74, 6) is 1.34. The van der Waals surface area contributed by atoms with Crippen LogP contribution in [0.4, 0.5) is 0 Å². The molecule has 0 aromatic heterocycles. The minimum atomic E-state index is 0.441. The number of allylic oxidation sites excluding steroid dienone is 1. The van der Waals surface area contributed by atoms with E-state index in [1.54, 1.807) is 0 Å². The summed E-state index contributed by atoms with van der Waals surface area (Å²) in [6.45, 7) is 6.67. The van der Waals surface area contributed by atoms with Crippen LogP contribution in [0.25, 0.3) is 0 Å². The summed E-state index contributed by atoms with van der Waals surface area (Å²) in [7, 11) is 0. The molecule has 1 aliphatic rings. The van der Waals surface area contributed by atoms with Crippen molar-refractivity contribution in [3.63, 3.8) is 0 Å². The van der Waals surface area contributed by atoms with Crippen molar-refractivity contribution in [1.29, 1.82) is 0 Å². The molecule has 0 N–H and O–H groups in total. The lowest BCUT2D eigenvalue weighted by Gasteiger charge is -2.18. The number of rotatable bonds is 1. The van der Waals surface area contributed by atoms with Gasteiger partial charge >= 0.3 is 0 Å². The van der Waals surface area contributed by atoms with Crippen molar-refractivity contribution >= 4 is 0 Å². The van der Waals surface area contributed by atoms with Gasteiger partial charge in [0, 0.05) is 0 Å². The van der Waals surface area contributed by atoms with E-state index >= 15 is 0 Å². The van der Waals surface area contributed by atoms with Crippen molar-refractivity contribution in [2.45, 2.75) is 39.7 Å². The van der Waals surface area contributed by atoms with Crippen LogP contribution < -0.4 is 0 Å². The number of hydrogen-bond acceptors (Lipinski definition) is 1. The molecule has 0 aromatic carbocycles. The molecule has 0 saturated heterocycles. The smallest absolute Gasteiger partial charge is 0.100 e. The average Bonchev–Trinajstić information content (AvgIpc) is 2.13. The zero-order chi connectivity index (χ0) is 8.27. The molecule has 0 fully saturated rings. The highest BCUT2D eigenvalue weighted by molar-refractivity contribution is 4.85. The SMILES string of the molecule is CC(C)[C@@H]1CC[C@@H](C)C=CO1. The Balaban J connectivity index is 2.43. The Hall–Kier alpha value is -0.460. The molecule has 64 valence electrons. The van der Waals surface area contributed by atoms with Crippen molar-refractivity contribution in [1.82, 2.24) is 0 Å². The largest absolute Gasteiger partial charge is 0.498 e. The number of ether oxygens (including phenoxy) is 1. The lowest BCUT2D eigenvalue weighted by atomic mass is 9.98. The topological polar surface area (TPSA) is 9.23 Å². The molecule has 0 bridgehead atoms. The van der Waals surface area contributed by atoms with Crippen LogP contribution in [0.1, 0.15) is 33.6 Å². The van der Waals surface area contributed by atoms with Gasteiger partial charge in [0.1, 0.15) is 6.10 Å². The second-order valence-corrected chi connectivity index (χ2v) is 3.80. The van der Waals surface area contributed by atoms with E-state index in [0.29, 0.717) is 17.9 Å². The Morgan fingerprint density at radius 1 is 1.36 bits per heavy atom. The molecule has 1 heteroatoms. The normalized spacial score (nSPS) is 31.6. The fourth-order valence-electron chi connectivity index (χ4n) is 1.36. The van der Waals surface area contributed by atoms with Gasteiger partial charge in [-0.25, -0.2) is 0 Å². The van der Waals surface area contributed by atoms with Crippen molar-refractivity contribution < 1.29 is 4.74 Å². The van der Waals surface area contributed by atoms with Gasteiger partial charge in [0.2, 0.25) is 0 Å². The van der Waals surface area contributed by atoms with Crippen molar-refractivity contribution in [2.24, 2.45) is 11.8 Å². The van der Waals surface area contributed by atoms with Crippen molar-refractivity contribution in [2.75, 3.05) is 0 Å². The van der Waals surface area contributed by atoms with E-state index in [0.717, 1.165) is 0 Å². The van der Waals surface area contributed by atoms with Crippen LogP contribution in [0, 0.1) is 11.8 Å². The summed E-state index contributed by atoms with van der Waals surface area (Å²) in [4.78, 5) is 0. The third-order valence-electron chi connectivity index (χ3n) is 2.31. The third kappa shape index (κ3) is 2.57. The van der Waals surface area contributed by atoms with Crippen LogP contribution in [-0.2, 0) is 4.74 Å². The first kappa shape index (κ1) is 8.63. The van der Waals surface area contributed by atoms with Gasteiger partial charge in [-0.1, -0.05) is 20.8 Å². The highest BCUT2D eigenvalue weighted by atomic mass is 16.5. The van der Waals surface area contributed by atoms with E-state index in [9.17, 15) is 0 Å². The molecule has 0 saturated carbocycles. The lowest BCUT2D eigenvalue weighted by Crippen LogP contribution is -2.16. The minimum absolute atomic E-state index is 0.441. The standard InChI is InChI=1S/C10H18O/c1-8(2)10-5-4-9(3)6-7-11-10/h6-10H,4-5H2,1-3H3/t9-,10+/m1/s1. The van der Waals surface area contributed by atoms with E-state index in [4.69, 9.17) is 4.74 Å². The van der Waals surface area contributed by atoms with Crippen LogP contribution in [0.15, 0.2) is 12.3 Å². The summed E-state index contributed by atoms with van der Waals surface area (Å²) in [6, 6.07) is 0. The molecule has 2 atom stereocenters. The summed E-state index contributed by atoms with van der Waals surface area (Å²) in [5.41, 5.74) is 0. The predicted octanol–water partition coefficient (Wildman–Crippen LogP) is 2.97. The Kier molecular flexibility index (Phi) is 2.98. The highest BCUT2D eigenvalue weighted by Gasteiger charge is 2.16. The summed E-state index contributed by atoms with van der Waals surface area (Å²) in [6.07, 6.45) is 6.94. The molecule has 0 spiro atoms. The van der Waals surface area contributed by atoms with Gasteiger partial charge in [-0.2, -0.15) is 0 Å². The molecule has 0 aromatic rings. The summed E-state index contributed by atoms with van der Waals surface area (Å²) < 4.78 is 5.55. The Bertz CT molecular complexity index is 138. The number of hydrogen-bond donors (Lipinski definition) is 0. The van der Waals surface area contributed by atoms with Crippen LogP contribution >= 0.6 is 0 Å². The fourth-order valence-corrected chi connectivity index (χ4v) is 1.36. The maximum absolute atomic E-state index is 5.55. The Morgan fingerprint density at radius 2 is 2.09 bits per heavy atom. The molecule has 1 nitrogen and oxygen atoms in total. The first-order valence-corrected chi connectivity index (χ1v) is 4.52. The molecule has 1 rings (SSSR count). The second kappa shape index (κ2) is 3.80. The van der Waals surface area contributed by atoms with Gasteiger partial charge in [-0.05, 0) is 30.8 Å². The molecule has 0 amide bonds. The minimum Gasteiger partial charge on any atom is -0.498 e. The predicted molar refractivity (Wildman–Crippen MR) is 47.2 cm³/mol. The Labute approximate surface area is 69.4 Å². The highest BCUT2D eigenvalue weighted by Crippen LogP contribution is 2.20. The monoisotopic (exact) mass is 154 g/mol. The molecule has 0 unspecified atom stereocenters. The molecule has 0 aliphatic carbocycles. The van der Waals surface area contributed by atoms with E-state index in [1.165, 1.54) is 12.8 Å². The van der Waals surface area contributed by atoms with E-state index in [2.05, 4.69) is 26.8 Å². The third-order valence-corrected chi connectivity index (χ3v) is 2.31. The first-order chi connectivity index (χ1) is 5.20. The zero-order valence-corrected chi connectivity index (χ0v) is 7.71. The van der Waals surface area contributed by atoms with Crippen LogP contribution in [0.2, 0.25) is 0 Å². The maximum Gasteiger partial charge on any atom is 0.100 e. The zero-order valence-electron chi connectivity index (χ0n) is 7.71. The van der Waals surface area contributed by atoms with Crippen LogP contribution in [0.5, 0.6) is 0 Å². The summed E-state index contributed by atoms with van der Waals surface area (Å²) >= 11 is 0. The first-order valence-electron chi connectivity index (χ1n) is 4.52. The average molecular weight is 154 g/mol. The van der Waals surface area contributed by atoms with E-state index in [1.807, 2.05) is 6.26 Å². The molecule has 0 radical (unpaired) electrons. The quantitative estimate of drug-likeness (QED) is 0.564. The summed E-state index contributed by atoms with van der Waals surface area (Å²) in [5, 5.41) is 0. The van der Waals surface area contributed by atoms with Gasteiger partial charge < -0.3 is 4.74 Å². The van der Waals surface area contributed by atoms with Crippen LogP contribution in [-0.4, -0.2) is 6.10 Å². The Morgan fingerprint density at radius 3 is 2.73 bits per heavy atom. The van der Waals surface area contributed by atoms with Crippen molar-refractivity contribution in [3.8, 4) is 0 Å². The second-order valence-electron chi connectivity index (χ2n) is 3.80. The van der Waals surface area contributed by atoms with Gasteiger partial charge in [-0.3, -0.25) is 0 Å². The molecule has 1 heterocycles. The van der Waals surface area contributed by atoms with Gasteiger partial charge in [-0.15, -0.1) is 0 Å². The molecule has 11 heavy (non-hydrogen) atoms.